The predicted molar refractivity (Wildman–Crippen MR) is 85.5 cm³/mol. The molecule has 0 bridgehead atoms. The fraction of sp³-hybridized carbons (Fsp3) is 0.615. The van der Waals surface area contributed by atoms with Crippen molar-refractivity contribution in [3.05, 3.63) is 0 Å². The Hall–Kier alpha value is -2.14. The van der Waals surface area contributed by atoms with Gasteiger partial charge in [-0.2, -0.15) is 12.6 Å². The molecule has 0 aromatic rings. The van der Waals surface area contributed by atoms with Gasteiger partial charge in [-0.25, -0.2) is 0 Å². The fourth-order valence-corrected chi connectivity index (χ4v) is 1.97. The third-order valence-electron chi connectivity index (χ3n) is 2.97. The first-order chi connectivity index (χ1) is 11.2. The highest BCUT2D eigenvalue weighted by Gasteiger charge is 2.26. The molecule has 0 fully saturated rings. The smallest absolute Gasteiger partial charge is 0.323 e. The molecule has 0 aromatic heterocycles. The van der Waals surface area contributed by atoms with Gasteiger partial charge in [0.2, 0.25) is 11.8 Å². The molecule has 0 aromatic carbocycles. The Morgan fingerprint density at radius 3 is 2.33 bits per heavy atom. The third-order valence-corrected chi connectivity index (χ3v) is 3.34. The van der Waals surface area contributed by atoms with Gasteiger partial charge < -0.3 is 31.0 Å². The number of carbonyl (C=O) groups excluding carboxylic acids is 3. The third kappa shape index (κ3) is 8.48. The van der Waals surface area contributed by atoms with E-state index in [1.807, 2.05) is 0 Å². The first kappa shape index (κ1) is 21.9. The highest BCUT2D eigenvalue weighted by molar-refractivity contribution is 7.80. The van der Waals surface area contributed by atoms with Gasteiger partial charge in [0, 0.05) is 25.1 Å². The molecule has 0 rings (SSSR count). The van der Waals surface area contributed by atoms with Crippen LogP contribution in [0.4, 0.5) is 0 Å². The van der Waals surface area contributed by atoms with E-state index in [9.17, 15) is 24.0 Å². The summed E-state index contributed by atoms with van der Waals surface area (Å²) in [6.45, 7) is -0.713. The number of aldehydes is 1. The highest BCUT2D eigenvalue weighted by atomic mass is 32.1. The van der Waals surface area contributed by atoms with Crippen LogP contribution in [0.2, 0.25) is 0 Å². The first-order valence-corrected chi connectivity index (χ1v) is 7.69. The monoisotopic (exact) mass is 363 g/mol. The van der Waals surface area contributed by atoms with Crippen molar-refractivity contribution in [2.24, 2.45) is 5.73 Å². The minimum absolute atomic E-state index is 0.0419. The van der Waals surface area contributed by atoms with Gasteiger partial charge in [0.1, 0.15) is 24.9 Å². The van der Waals surface area contributed by atoms with Crippen molar-refractivity contribution < 1.29 is 34.2 Å². The lowest BCUT2D eigenvalue weighted by molar-refractivity contribution is -0.145. The lowest BCUT2D eigenvalue weighted by atomic mass is 10.1. The molecular formula is C13H21N3O7S. The molecule has 0 aliphatic heterocycles. The molecule has 5 N–H and O–H groups in total. The molecule has 0 saturated carbocycles. The molecule has 24 heavy (non-hydrogen) atoms. The van der Waals surface area contributed by atoms with Crippen molar-refractivity contribution in [3.63, 3.8) is 0 Å². The summed E-state index contributed by atoms with van der Waals surface area (Å²) in [5.74, 6) is -3.89. The number of thiol groups is 1. The van der Waals surface area contributed by atoms with E-state index in [-0.39, 0.29) is 31.6 Å². The van der Waals surface area contributed by atoms with Gasteiger partial charge in [-0.15, -0.1) is 0 Å². The topological polar surface area (TPSA) is 167 Å². The van der Waals surface area contributed by atoms with Crippen molar-refractivity contribution in [1.82, 2.24) is 10.2 Å². The average molecular weight is 363 g/mol. The first-order valence-electron chi connectivity index (χ1n) is 7.05. The zero-order valence-corrected chi connectivity index (χ0v) is 13.8. The fourth-order valence-electron chi connectivity index (χ4n) is 1.72. The number of rotatable bonds is 12. The second kappa shape index (κ2) is 11.4. The van der Waals surface area contributed by atoms with Crippen LogP contribution >= 0.6 is 12.6 Å². The van der Waals surface area contributed by atoms with Gasteiger partial charge in [-0.1, -0.05) is 0 Å². The quantitative estimate of drug-likeness (QED) is 0.198. The van der Waals surface area contributed by atoms with E-state index < -0.39 is 42.4 Å². The van der Waals surface area contributed by atoms with Crippen molar-refractivity contribution in [2.75, 3.05) is 18.8 Å². The SMILES string of the molecule is NC(CCC(=O)NC(CS)C(=O)N(CCC=O)CC(=O)O)C(=O)O. The molecule has 0 aliphatic rings. The molecule has 11 heteroatoms. The number of aliphatic carboxylic acids is 2. The lowest BCUT2D eigenvalue weighted by Crippen LogP contribution is -2.51. The summed E-state index contributed by atoms with van der Waals surface area (Å²) in [6.07, 6.45) is 0.181. The van der Waals surface area contributed by atoms with Gasteiger partial charge in [-0.3, -0.25) is 19.2 Å². The summed E-state index contributed by atoms with van der Waals surface area (Å²) in [7, 11) is 0. The van der Waals surface area contributed by atoms with Gasteiger partial charge in [0.15, 0.2) is 0 Å². The van der Waals surface area contributed by atoms with Crippen LogP contribution in [0.5, 0.6) is 0 Å². The number of carboxylic acid groups (broad SMARTS) is 2. The maximum absolute atomic E-state index is 12.3. The highest BCUT2D eigenvalue weighted by Crippen LogP contribution is 2.02. The predicted octanol–water partition coefficient (Wildman–Crippen LogP) is -1.90. The number of amides is 2. The maximum atomic E-state index is 12.3. The summed E-state index contributed by atoms with van der Waals surface area (Å²) in [6, 6.07) is -2.29. The summed E-state index contributed by atoms with van der Waals surface area (Å²) in [4.78, 5) is 56.7. The van der Waals surface area contributed by atoms with E-state index in [0.717, 1.165) is 4.90 Å². The van der Waals surface area contributed by atoms with Crippen LogP contribution < -0.4 is 11.1 Å². The number of carboxylic acids is 2. The van der Waals surface area contributed by atoms with Crippen LogP contribution in [0.15, 0.2) is 0 Å². The van der Waals surface area contributed by atoms with E-state index in [4.69, 9.17) is 15.9 Å². The van der Waals surface area contributed by atoms with Crippen LogP contribution in [0.3, 0.4) is 0 Å². The van der Waals surface area contributed by atoms with Crippen molar-refractivity contribution in [2.45, 2.75) is 31.3 Å². The number of nitrogens with two attached hydrogens (primary N) is 1. The van der Waals surface area contributed by atoms with Crippen molar-refractivity contribution in [3.8, 4) is 0 Å². The summed E-state index contributed by atoms with van der Waals surface area (Å²) < 4.78 is 0. The second-order valence-electron chi connectivity index (χ2n) is 4.89. The van der Waals surface area contributed by atoms with Crippen LogP contribution in [-0.4, -0.2) is 76.1 Å². The summed E-state index contributed by atoms with van der Waals surface area (Å²) >= 11 is 3.95. The van der Waals surface area contributed by atoms with E-state index in [0.29, 0.717) is 6.29 Å². The molecule has 2 atom stereocenters. The minimum atomic E-state index is -1.26. The standard InChI is InChI=1S/C13H21N3O7S/c14-8(13(22)23)2-3-10(18)15-9(7-24)12(21)16(4-1-5-17)6-11(19)20/h5,8-9,24H,1-4,6-7,14H2,(H,15,18)(H,19,20)(H,22,23). The van der Waals surface area contributed by atoms with Crippen molar-refractivity contribution >= 4 is 42.7 Å². The van der Waals surface area contributed by atoms with Crippen LogP contribution in [0, 0.1) is 0 Å². The molecule has 0 radical (unpaired) electrons. The molecule has 10 nitrogen and oxygen atoms in total. The Kier molecular flexibility index (Phi) is 10.4. The normalized spacial score (nSPS) is 12.8. The molecule has 0 saturated heterocycles. The molecule has 0 aliphatic carbocycles. The second-order valence-corrected chi connectivity index (χ2v) is 5.26. The van der Waals surface area contributed by atoms with Gasteiger partial charge in [0.25, 0.3) is 0 Å². The van der Waals surface area contributed by atoms with Crippen LogP contribution in [-0.2, 0) is 24.0 Å². The zero-order chi connectivity index (χ0) is 18.7. The Morgan fingerprint density at radius 2 is 1.88 bits per heavy atom. The Balaban J connectivity index is 4.73. The number of hydrogen-bond donors (Lipinski definition) is 5. The van der Waals surface area contributed by atoms with Crippen molar-refractivity contribution in [1.29, 1.82) is 0 Å². The van der Waals surface area contributed by atoms with Gasteiger partial charge >= 0.3 is 11.9 Å². The number of carbonyl (C=O) groups is 5. The van der Waals surface area contributed by atoms with E-state index in [2.05, 4.69) is 17.9 Å². The molecule has 136 valence electrons. The van der Waals surface area contributed by atoms with Gasteiger partial charge in [0.05, 0.1) is 0 Å². The van der Waals surface area contributed by atoms with Crippen LogP contribution in [0.25, 0.3) is 0 Å². The van der Waals surface area contributed by atoms with Crippen LogP contribution in [0.1, 0.15) is 19.3 Å². The lowest BCUT2D eigenvalue weighted by Gasteiger charge is -2.25. The molecule has 2 unspecified atom stereocenters. The largest absolute Gasteiger partial charge is 0.480 e. The molecule has 2 amide bonds. The summed E-state index contributed by atoms with van der Waals surface area (Å²) in [5.41, 5.74) is 5.28. The minimum Gasteiger partial charge on any atom is -0.480 e. The maximum Gasteiger partial charge on any atom is 0.323 e. The van der Waals surface area contributed by atoms with Gasteiger partial charge in [-0.05, 0) is 6.42 Å². The molecule has 0 heterocycles. The Bertz CT molecular complexity index is 486. The number of hydrogen-bond acceptors (Lipinski definition) is 7. The number of nitrogens with one attached hydrogen (secondary N) is 1. The van der Waals surface area contributed by atoms with E-state index in [1.165, 1.54) is 0 Å². The molecule has 0 spiro atoms. The summed E-state index contributed by atoms with van der Waals surface area (Å²) in [5, 5.41) is 19.8. The number of nitrogens with zero attached hydrogens (tertiary/aromatic N) is 1. The average Bonchev–Trinajstić information content (AvgIpc) is 2.52. The molecular weight excluding hydrogens is 342 g/mol. The van der Waals surface area contributed by atoms with E-state index >= 15 is 0 Å². The van der Waals surface area contributed by atoms with E-state index in [1.54, 1.807) is 0 Å². The zero-order valence-electron chi connectivity index (χ0n) is 12.9. The Labute approximate surface area is 143 Å². The Morgan fingerprint density at radius 1 is 1.25 bits per heavy atom.